The molecule has 1 amide bonds. The average molecular weight is 348 g/mol. The maximum Gasteiger partial charge on any atom is 0.259 e. The molecule has 0 atom stereocenters. The number of carbonyl (C=O) groups is 1. The van der Waals surface area contributed by atoms with Gasteiger partial charge >= 0.3 is 0 Å². The Morgan fingerprint density at radius 2 is 2.00 bits per heavy atom. The number of amides is 1. The van der Waals surface area contributed by atoms with Gasteiger partial charge in [0.25, 0.3) is 5.91 Å². The Kier molecular flexibility index (Phi) is 5.57. The van der Waals surface area contributed by atoms with E-state index in [1.807, 2.05) is 31.3 Å². The van der Waals surface area contributed by atoms with Gasteiger partial charge in [-0.3, -0.25) is 4.79 Å². The molecule has 2 rings (SSSR count). The number of anilines is 3. The van der Waals surface area contributed by atoms with E-state index in [9.17, 15) is 4.79 Å². The van der Waals surface area contributed by atoms with Crippen molar-refractivity contribution >= 4 is 34.6 Å². The molecule has 0 aliphatic carbocycles. The Hall–Kier alpha value is -2.40. The summed E-state index contributed by atoms with van der Waals surface area (Å²) in [5.74, 6) is 0.0722. The molecule has 0 aliphatic rings. The lowest BCUT2D eigenvalue weighted by Gasteiger charge is -2.24. The fourth-order valence-electron chi connectivity index (χ4n) is 2.22. The van der Waals surface area contributed by atoms with Gasteiger partial charge < -0.3 is 20.7 Å². The molecule has 0 aromatic heterocycles. The maximum absolute atomic E-state index is 12.6. The van der Waals surface area contributed by atoms with Crippen LogP contribution >= 0.6 is 11.6 Å². The number of nitrogens with zero attached hydrogens (tertiary/aromatic N) is 1. The highest BCUT2D eigenvalue weighted by Gasteiger charge is 2.16. The van der Waals surface area contributed by atoms with Gasteiger partial charge in [-0.05, 0) is 38.1 Å². The zero-order valence-corrected chi connectivity index (χ0v) is 15.0. The monoisotopic (exact) mass is 347 g/mol. The van der Waals surface area contributed by atoms with Crippen molar-refractivity contribution in [3.63, 3.8) is 0 Å². The second-order valence-electron chi connectivity index (χ2n) is 5.78. The molecule has 0 aliphatic heterocycles. The zero-order chi connectivity index (χ0) is 17.9. The van der Waals surface area contributed by atoms with Crippen LogP contribution in [0.15, 0.2) is 36.4 Å². The van der Waals surface area contributed by atoms with Crippen molar-refractivity contribution in [2.75, 3.05) is 30.1 Å². The number of rotatable bonds is 5. The molecular formula is C18H22ClN3O2. The molecular weight excluding hydrogens is 326 g/mol. The average Bonchev–Trinajstić information content (AvgIpc) is 2.56. The van der Waals surface area contributed by atoms with Crippen LogP contribution < -0.4 is 20.7 Å². The Balaban J connectivity index is 2.27. The van der Waals surface area contributed by atoms with Crippen LogP contribution in [-0.2, 0) is 0 Å². The highest BCUT2D eigenvalue weighted by molar-refractivity contribution is 6.33. The first-order chi connectivity index (χ1) is 11.3. The number of ether oxygens (including phenoxy) is 1. The first kappa shape index (κ1) is 17.9. The molecule has 5 nitrogen and oxygen atoms in total. The number of hydrogen-bond acceptors (Lipinski definition) is 4. The van der Waals surface area contributed by atoms with Gasteiger partial charge in [-0.2, -0.15) is 0 Å². The summed E-state index contributed by atoms with van der Waals surface area (Å²) in [7, 11) is 3.49. The third kappa shape index (κ3) is 3.92. The molecule has 6 heteroatoms. The number of hydrogen-bond donors (Lipinski definition) is 2. The molecule has 0 saturated carbocycles. The van der Waals surface area contributed by atoms with Crippen LogP contribution in [-0.4, -0.2) is 26.1 Å². The van der Waals surface area contributed by atoms with Crippen molar-refractivity contribution in [1.29, 1.82) is 0 Å². The van der Waals surface area contributed by atoms with Crippen LogP contribution in [0.5, 0.6) is 5.75 Å². The molecule has 0 saturated heterocycles. The summed E-state index contributed by atoms with van der Waals surface area (Å²) in [6.45, 7) is 4.21. The minimum Gasteiger partial charge on any atom is -0.496 e. The van der Waals surface area contributed by atoms with Crippen molar-refractivity contribution in [2.45, 2.75) is 19.9 Å². The van der Waals surface area contributed by atoms with Gasteiger partial charge in [-0.1, -0.05) is 17.7 Å². The second kappa shape index (κ2) is 7.45. The van der Waals surface area contributed by atoms with Crippen molar-refractivity contribution in [1.82, 2.24) is 0 Å². The van der Waals surface area contributed by atoms with E-state index in [-0.39, 0.29) is 5.91 Å². The molecule has 0 heterocycles. The van der Waals surface area contributed by atoms with Crippen LogP contribution in [0.3, 0.4) is 0 Å². The number of nitrogen functional groups attached to an aromatic ring is 1. The van der Waals surface area contributed by atoms with Crippen LogP contribution in [0.1, 0.15) is 24.2 Å². The smallest absolute Gasteiger partial charge is 0.259 e. The van der Waals surface area contributed by atoms with Gasteiger partial charge in [0.2, 0.25) is 0 Å². The van der Waals surface area contributed by atoms with Crippen molar-refractivity contribution in [3.05, 3.63) is 47.0 Å². The Labute approximate surface area is 147 Å². The summed E-state index contributed by atoms with van der Waals surface area (Å²) in [5, 5.41) is 3.18. The number of benzene rings is 2. The predicted molar refractivity (Wildman–Crippen MR) is 100 cm³/mol. The molecule has 0 spiro atoms. The summed E-state index contributed by atoms with van der Waals surface area (Å²) in [4.78, 5) is 14.7. The standard InChI is InChI=1S/C18H22ClN3O2/c1-11(2)22(3)13-7-5-6-12(8-13)21-18(23)14-9-15(19)16(20)10-17(14)24-4/h5-11H,20H2,1-4H3,(H,21,23). The van der Waals surface area contributed by atoms with Gasteiger partial charge in [0.1, 0.15) is 5.75 Å². The minimum absolute atomic E-state index is 0.307. The fraction of sp³-hybridized carbons (Fsp3) is 0.278. The van der Waals surface area contributed by atoms with Gasteiger partial charge in [-0.15, -0.1) is 0 Å². The summed E-state index contributed by atoms with van der Waals surface area (Å²) in [5.41, 5.74) is 8.16. The largest absolute Gasteiger partial charge is 0.496 e. The fourth-order valence-corrected chi connectivity index (χ4v) is 2.38. The highest BCUT2D eigenvalue weighted by Crippen LogP contribution is 2.29. The highest BCUT2D eigenvalue weighted by atomic mass is 35.5. The van der Waals surface area contributed by atoms with E-state index >= 15 is 0 Å². The van der Waals surface area contributed by atoms with E-state index < -0.39 is 0 Å². The van der Waals surface area contributed by atoms with E-state index in [4.69, 9.17) is 22.1 Å². The lowest BCUT2D eigenvalue weighted by atomic mass is 10.1. The second-order valence-corrected chi connectivity index (χ2v) is 6.19. The predicted octanol–water partition coefficient (Wildman–Crippen LogP) is 4.03. The molecule has 0 fully saturated rings. The van der Waals surface area contributed by atoms with E-state index in [1.54, 1.807) is 6.07 Å². The first-order valence-electron chi connectivity index (χ1n) is 7.60. The minimum atomic E-state index is -0.307. The van der Waals surface area contributed by atoms with Gasteiger partial charge in [-0.25, -0.2) is 0 Å². The van der Waals surface area contributed by atoms with Crippen LogP contribution in [0.4, 0.5) is 17.1 Å². The maximum atomic E-state index is 12.6. The molecule has 2 aromatic rings. The van der Waals surface area contributed by atoms with Gasteiger partial charge in [0.05, 0.1) is 23.4 Å². The normalized spacial score (nSPS) is 10.6. The Morgan fingerprint density at radius 1 is 1.29 bits per heavy atom. The molecule has 128 valence electrons. The van der Waals surface area contributed by atoms with Crippen molar-refractivity contribution in [3.8, 4) is 5.75 Å². The van der Waals surface area contributed by atoms with E-state index in [0.717, 1.165) is 5.69 Å². The van der Waals surface area contributed by atoms with Gasteiger partial charge in [0, 0.05) is 30.5 Å². The molecule has 2 aromatic carbocycles. The van der Waals surface area contributed by atoms with Crippen molar-refractivity contribution in [2.24, 2.45) is 0 Å². The number of nitrogens with one attached hydrogen (secondary N) is 1. The summed E-state index contributed by atoms with van der Waals surface area (Å²) in [6.07, 6.45) is 0. The summed E-state index contributed by atoms with van der Waals surface area (Å²) in [6, 6.07) is 11.1. The lowest BCUT2D eigenvalue weighted by Crippen LogP contribution is -2.25. The number of carbonyl (C=O) groups excluding carboxylic acids is 1. The quantitative estimate of drug-likeness (QED) is 0.801. The van der Waals surface area contributed by atoms with E-state index in [1.165, 1.54) is 13.2 Å². The molecule has 0 unspecified atom stereocenters. The van der Waals surface area contributed by atoms with Crippen LogP contribution in [0.25, 0.3) is 0 Å². The first-order valence-corrected chi connectivity index (χ1v) is 7.98. The van der Waals surface area contributed by atoms with Crippen LogP contribution in [0.2, 0.25) is 5.02 Å². The summed E-state index contributed by atoms with van der Waals surface area (Å²) >= 11 is 6.02. The van der Waals surface area contributed by atoms with Crippen LogP contribution in [0, 0.1) is 0 Å². The van der Waals surface area contributed by atoms with E-state index in [0.29, 0.717) is 33.8 Å². The Morgan fingerprint density at radius 3 is 2.62 bits per heavy atom. The molecule has 0 radical (unpaired) electrons. The lowest BCUT2D eigenvalue weighted by molar-refractivity contribution is 0.102. The number of halogens is 1. The molecule has 24 heavy (non-hydrogen) atoms. The topological polar surface area (TPSA) is 67.6 Å². The van der Waals surface area contributed by atoms with E-state index in [2.05, 4.69) is 24.1 Å². The molecule has 0 bridgehead atoms. The third-order valence-electron chi connectivity index (χ3n) is 3.85. The number of nitrogens with two attached hydrogens (primary N) is 1. The Bertz CT molecular complexity index is 747. The third-order valence-corrected chi connectivity index (χ3v) is 4.18. The van der Waals surface area contributed by atoms with Gasteiger partial charge in [0.15, 0.2) is 0 Å². The number of methoxy groups -OCH3 is 1. The summed E-state index contributed by atoms with van der Waals surface area (Å²) < 4.78 is 5.23. The molecule has 3 N–H and O–H groups in total. The SMILES string of the molecule is COc1cc(N)c(Cl)cc1C(=O)Nc1cccc(N(C)C(C)C)c1. The zero-order valence-electron chi connectivity index (χ0n) is 14.3. The van der Waals surface area contributed by atoms with Crippen molar-refractivity contribution < 1.29 is 9.53 Å².